The van der Waals surface area contributed by atoms with Gasteiger partial charge in [0.1, 0.15) is 13.6 Å². The molecule has 0 saturated carbocycles. The first kappa shape index (κ1) is 28.3. The van der Waals surface area contributed by atoms with Crippen LogP contribution in [0.4, 0.5) is 11.4 Å². The molecule has 6 heteroatoms. The van der Waals surface area contributed by atoms with Crippen LogP contribution in [0.3, 0.4) is 0 Å². The topological polar surface area (TPSA) is 78.7 Å². The monoisotopic (exact) mass is 394 g/mol. The number of nitrogens with zero attached hydrogens (tertiary/aromatic N) is 2. The largest absolute Gasteiger partial charge is 0.399 e. The molecule has 0 aromatic heterocycles. The highest BCUT2D eigenvalue weighted by Crippen LogP contribution is 2.19. The van der Waals surface area contributed by atoms with E-state index in [1.54, 1.807) is 0 Å². The van der Waals surface area contributed by atoms with E-state index >= 15 is 0 Å². The summed E-state index contributed by atoms with van der Waals surface area (Å²) >= 11 is 0. The van der Waals surface area contributed by atoms with Gasteiger partial charge in [-0.15, -0.1) is 0 Å². The van der Waals surface area contributed by atoms with Crippen molar-refractivity contribution < 1.29 is 9.59 Å². The molecule has 1 aromatic rings. The number of rotatable bonds is 7. The molecule has 2 rings (SSSR count). The number of carbonyl (C=O) groups is 2. The molecular formula is C22H42N4O2. The molecule has 1 aliphatic rings. The summed E-state index contributed by atoms with van der Waals surface area (Å²) in [6.07, 6.45) is 3.87. The van der Waals surface area contributed by atoms with E-state index in [-0.39, 0.29) is 0 Å². The predicted octanol–water partition coefficient (Wildman–Crippen LogP) is 3.07. The number of benzene rings is 1. The highest BCUT2D eigenvalue weighted by Gasteiger charge is 2.16. The highest BCUT2D eigenvalue weighted by atomic mass is 16.1. The summed E-state index contributed by atoms with van der Waals surface area (Å²) < 4.78 is 0. The maximum atomic E-state index is 8.00. The van der Waals surface area contributed by atoms with E-state index in [1.165, 1.54) is 31.5 Å². The minimum atomic E-state index is 0.854. The van der Waals surface area contributed by atoms with Crippen molar-refractivity contribution in [1.82, 2.24) is 10.2 Å². The molecule has 6 nitrogen and oxygen atoms in total. The number of unbranched alkanes of at least 4 members (excludes halogenated alkanes) is 1. The van der Waals surface area contributed by atoms with Gasteiger partial charge in [-0.25, -0.2) is 0 Å². The molecule has 0 amide bonds. The van der Waals surface area contributed by atoms with Gasteiger partial charge in [-0.1, -0.05) is 33.3 Å². The van der Waals surface area contributed by atoms with Gasteiger partial charge in [0.2, 0.25) is 0 Å². The van der Waals surface area contributed by atoms with Crippen molar-refractivity contribution in [3.8, 4) is 0 Å². The lowest BCUT2D eigenvalue weighted by molar-refractivity contribution is -0.0987. The standard InChI is InChI=1S/C15H26N4.C5H12.2CH2O/c1-17-7-2-3-8-18-9-11-19(12-10-18)15-6-4-5-14(16)13-15;1-4-5(2)3;2*1-2/h4-6,13,17H,2-3,7-12,16H2,1H3;5H,4H2,1-3H3;2*1H2. The Labute approximate surface area is 172 Å². The fourth-order valence-electron chi connectivity index (χ4n) is 2.59. The molecule has 0 unspecified atom stereocenters. The average Bonchev–Trinajstić information content (AvgIpc) is 2.75. The van der Waals surface area contributed by atoms with Crippen molar-refractivity contribution >= 4 is 25.0 Å². The molecule has 0 bridgehead atoms. The zero-order valence-electron chi connectivity index (χ0n) is 18.5. The molecule has 1 fully saturated rings. The van der Waals surface area contributed by atoms with Gasteiger partial charge < -0.3 is 25.5 Å². The molecule has 0 atom stereocenters. The third-order valence-corrected chi connectivity index (χ3v) is 4.58. The molecule has 28 heavy (non-hydrogen) atoms. The summed E-state index contributed by atoms with van der Waals surface area (Å²) in [5.74, 6) is 0.884. The van der Waals surface area contributed by atoms with Crippen LogP contribution in [-0.4, -0.2) is 64.8 Å². The first-order valence-corrected chi connectivity index (χ1v) is 10.1. The minimum absolute atomic E-state index is 0.854. The Balaban J connectivity index is 0. The summed E-state index contributed by atoms with van der Waals surface area (Å²) in [5.41, 5.74) is 7.96. The number of anilines is 2. The fourth-order valence-corrected chi connectivity index (χ4v) is 2.59. The van der Waals surface area contributed by atoms with Crippen LogP contribution in [0.5, 0.6) is 0 Å². The summed E-state index contributed by atoms with van der Waals surface area (Å²) in [7, 11) is 2.02. The number of hydrogen-bond donors (Lipinski definition) is 2. The van der Waals surface area contributed by atoms with Crippen molar-refractivity contribution in [2.24, 2.45) is 5.92 Å². The normalized spacial score (nSPS) is 13.4. The number of piperazine rings is 1. The lowest BCUT2D eigenvalue weighted by atomic mass is 10.2. The van der Waals surface area contributed by atoms with E-state index in [4.69, 9.17) is 15.3 Å². The molecule has 0 spiro atoms. The number of nitrogens with one attached hydrogen (secondary N) is 1. The first-order chi connectivity index (χ1) is 13.6. The van der Waals surface area contributed by atoms with Gasteiger partial charge in [-0.2, -0.15) is 0 Å². The van der Waals surface area contributed by atoms with Crippen LogP contribution >= 0.6 is 0 Å². The van der Waals surface area contributed by atoms with Crippen molar-refractivity contribution in [1.29, 1.82) is 0 Å². The molecule has 1 saturated heterocycles. The zero-order valence-corrected chi connectivity index (χ0v) is 18.5. The van der Waals surface area contributed by atoms with Gasteiger partial charge in [0.05, 0.1) is 0 Å². The highest BCUT2D eigenvalue weighted by molar-refractivity contribution is 5.56. The van der Waals surface area contributed by atoms with Gasteiger partial charge in [-0.3, -0.25) is 4.90 Å². The number of hydrogen-bond acceptors (Lipinski definition) is 6. The van der Waals surface area contributed by atoms with Crippen LogP contribution in [0.2, 0.25) is 0 Å². The minimum Gasteiger partial charge on any atom is -0.399 e. The van der Waals surface area contributed by atoms with Crippen LogP contribution in [0.1, 0.15) is 40.0 Å². The summed E-state index contributed by atoms with van der Waals surface area (Å²) in [5, 5.41) is 3.20. The molecule has 1 heterocycles. The van der Waals surface area contributed by atoms with E-state index in [9.17, 15) is 0 Å². The predicted molar refractivity (Wildman–Crippen MR) is 122 cm³/mol. The maximum absolute atomic E-state index is 8.00. The van der Waals surface area contributed by atoms with Crippen molar-refractivity contribution in [2.45, 2.75) is 40.0 Å². The van der Waals surface area contributed by atoms with Crippen LogP contribution < -0.4 is 16.0 Å². The Morgan fingerprint density at radius 3 is 2.11 bits per heavy atom. The fraction of sp³-hybridized carbons (Fsp3) is 0.636. The van der Waals surface area contributed by atoms with Gasteiger partial charge in [0, 0.05) is 37.6 Å². The van der Waals surface area contributed by atoms with Gasteiger partial charge in [-0.05, 0) is 57.1 Å². The van der Waals surface area contributed by atoms with E-state index in [2.05, 4.69) is 48.0 Å². The van der Waals surface area contributed by atoms with Crippen LogP contribution in [0.25, 0.3) is 0 Å². The van der Waals surface area contributed by atoms with E-state index in [0.29, 0.717) is 0 Å². The molecular weight excluding hydrogens is 352 g/mol. The Morgan fingerprint density at radius 1 is 1.07 bits per heavy atom. The third kappa shape index (κ3) is 14.2. The van der Waals surface area contributed by atoms with E-state index in [1.807, 2.05) is 32.8 Å². The summed E-state index contributed by atoms with van der Waals surface area (Å²) in [6, 6.07) is 8.21. The van der Waals surface area contributed by atoms with Gasteiger partial charge in [0.25, 0.3) is 0 Å². The van der Waals surface area contributed by atoms with Crippen LogP contribution in [0, 0.1) is 5.92 Å². The first-order valence-electron chi connectivity index (χ1n) is 10.1. The van der Waals surface area contributed by atoms with Crippen LogP contribution in [-0.2, 0) is 9.59 Å². The van der Waals surface area contributed by atoms with Crippen molar-refractivity contribution in [3.05, 3.63) is 24.3 Å². The zero-order chi connectivity index (χ0) is 21.8. The molecule has 1 aliphatic heterocycles. The Morgan fingerprint density at radius 2 is 1.64 bits per heavy atom. The quantitative estimate of drug-likeness (QED) is 0.547. The average molecular weight is 395 g/mol. The molecule has 0 aliphatic carbocycles. The number of nitrogens with two attached hydrogens (primary N) is 1. The van der Waals surface area contributed by atoms with Crippen LogP contribution in [0.15, 0.2) is 24.3 Å². The summed E-state index contributed by atoms with van der Waals surface area (Å²) in [6.45, 7) is 17.5. The molecule has 162 valence electrons. The SMILES string of the molecule is C=O.C=O.CCC(C)C.CNCCCCN1CCN(c2cccc(N)c2)CC1. The van der Waals surface area contributed by atoms with Crippen molar-refractivity contribution in [3.63, 3.8) is 0 Å². The van der Waals surface area contributed by atoms with Gasteiger partial charge in [0.15, 0.2) is 0 Å². The number of carbonyl (C=O) groups excluding carboxylic acids is 2. The van der Waals surface area contributed by atoms with Crippen molar-refractivity contribution in [2.75, 3.05) is 56.9 Å². The third-order valence-electron chi connectivity index (χ3n) is 4.58. The van der Waals surface area contributed by atoms with E-state index < -0.39 is 0 Å². The second kappa shape index (κ2) is 19.8. The Bertz CT molecular complexity index is 462. The summed E-state index contributed by atoms with van der Waals surface area (Å²) in [4.78, 5) is 21.0. The second-order valence-corrected chi connectivity index (χ2v) is 7.04. The van der Waals surface area contributed by atoms with Gasteiger partial charge >= 0.3 is 0 Å². The van der Waals surface area contributed by atoms with E-state index in [0.717, 1.165) is 44.3 Å². The lowest BCUT2D eigenvalue weighted by Crippen LogP contribution is -2.46. The Hall–Kier alpha value is -1.92. The molecule has 3 N–H and O–H groups in total. The smallest absolute Gasteiger partial charge is 0.106 e. The Kier molecular flexibility index (Phi) is 20.0. The number of nitrogen functional groups attached to an aromatic ring is 1. The molecule has 1 aromatic carbocycles. The molecule has 0 radical (unpaired) electrons. The second-order valence-electron chi connectivity index (χ2n) is 7.04. The maximum Gasteiger partial charge on any atom is 0.106 e. The lowest BCUT2D eigenvalue weighted by Gasteiger charge is -2.36.